The molecule has 0 unspecified atom stereocenters. The fraction of sp³-hybridized carbons (Fsp3) is 0.471. The van der Waals surface area contributed by atoms with Gasteiger partial charge in [0.05, 0.1) is 6.54 Å². The molecule has 0 saturated heterocycles. The van der Waals surface area contributed by atoms with Crippen LogP contribution in [0.2, 0.25) is 0 Å². The molecule has 0 atom stereocenters. The molecule has 0 heterocycles. The smallest absolute Gasteiger partial charge is 0.220 e. The van der Waals surface area contributed by atoms with Gasteiger partial charge in [-0.1, -0.05) is 38.0 Å². The van der Waals surface area contributed by atoms with Crippen molar-refractivity contribution < 1.29 is 9.18 Å². The van der Waals surface area contributed by atoms with Crippen LogP contribution in [0.1, 0.15) is 50.2 Å². The zero-order chi connectivity index (χ0) is 15.5. The topological polar surface area (TPSA) is 55.1 Å². The fourth-order valence-corrected chi connectivity index (χ4v) is 1.94. The van der Waals surface area contributed by atoms with Crippen LogP contribution in [0.5, 0.6) is 0 Å². The van der Waals surface area contributed by atoms with Gasteiger partial charge in [-0.05, 0) is 24.6 Å². The molecule has 0 aromatic heterocycles. The molecule has 0 aliphatic rings. The van der Waals surface area contributed by atoms with Gasteiger partial charge in [-0.25, -0.2) is 4.39 Å². The van der Waals surface area contributed by atoms with E-state index in [1.165, 1.54) is 6.07 Å². The second-order valence-corrected chi connectivity index (χ2v) is 4.90. The van der Waals surface area contributed by atoms with E-state index in [1.807, 2.05) is 0 Å². The van der Waals surface area contributed by atoms with Crippen molar-refractivity contribution in [2.75, 3.05) is 6.54 Å². The second kappa shape index (κ2) is 9.95. The summed E-state index contributed by atoms with van der Waals surface area (Å²) in [6.45, 7) is 2.58. The number of nitrogens with one attached hydrogen (secondary N) is 1. The highest BCUT2D eigenvalue weighted by molar-refractivity contribution is 5.75. The van der Waals surface area contributed by atoms with E-state index in [2.05, 4.69) is 24.1 Å². The van der Waals surface area contributed by atoms with E-state index in [1.54, 1.807) is 12.1 Å². The summed E-state index contributed by atoms with van der Waals surface area (Å²) in [6, 6.07) is 4.62. The summed E-state index contributed by atoms with van der Waals surface area (Å²) in [5, 5.41) is 2.75. The molecule has 3 nitrogen and oxygen atoms in total. The van der Waals surface area contributed by atoms with Crippen molar-refractivity contribution in [2.24, 2.45) is 5.73 Å². The Morgan fingerprint density at radius 3 is 2.86 bits per heavy atom. The zero-order valence-corrected chi connectivity index (χ0v) is 12.5. The van der Waals surface area contributed by atoms with Gasteiger partial charge >= 0.3 is 0 Å². The van der Waals surface area contributed by atoms with Gasteiger partial charge in [-0.2, -0.15) is 0 Å². The Bertz CT molecular complexity index is 517. The van der Waals surface area contributed by atoms with E-state index < -0.39 is 0 Å². The highest BCUT2D eigenvalue weighted by atomic mass is 19.1. The van der Waals surface area contributed by atoms with Crippen molar-refractivity contribution in [1.29, 1.82) is 0 Å². The van der Waals surface area contributed by atoms with Crippen molar-refractivity contribution in [3.63, 3.8) is 0 Å². The number of hydrogen-bond acceptors (Lipinski definition) is 2. The molecule has 0 bridgehead atoms. The van der Waals surface area contributed by atoms with Gasteiger partial charge < -0.3 is 11.1 Å². The first-order valence-corrected chi connectivity index (χ1v) is 7.41. The highest BCUT2D eigenvalue weighted by Crippen LogP contribution is 2.10. The van der Waals surface area contributed by atoms with Crippen LogP contribution in [-0.2, 0) is 11.3 Å². The molecule has 1 aromatic carbocycles. The van der Waals surface area contributed by atoms with Crippen LogP contribution in [0.4, 0.5) is 4.39 Å². The molecule has 114 valence electrons. The predicted molar refractivity (Wildman–Crippen MR) is 82.9 cm³/mol. The molecule has 0 fully saturated rings. The summed E-state index contributed by atoms with van der Waals surface area (Å²) >= 11 is 0. The van der Waals surface area contributed by atoms with Crippen molar-refractivity contribution in [1.82, 2.24) is 5.32 Å². The zero-order valence-electron chi connectivity index (χ0n) is 12.5. The number of carbonyl (C=O) groups excluding carboxylic acids is 1. The van der Waals surface area contributed by atoms with Gasteiger partial charge in [0, 0.05) is 24.1 Å². The third kappa shape index (κ3) is 6.92. The lowest BCUT2D eigenvalue weighted by Gasteiger charge is -2.07. The van der Waals surface area contributed by atoms with Crippen LogP contribution in [0, 0.1) is 17.7 Å². The van der Waals surface area contributed by atoms with Gasteiger partial charge in [0.25, 0.3) is 0 Å². The van der Waals surface area contributed by atoms with E-state index in [9.17, 15) is 9.18 Å². The first-order valence-electron chi connectivity index (χ1n) is 7.41. The number of rotatable bonds is 7. The number of unbranched alkanes of at least 4 members (excludes halogenated alkanes) is 3. The summed E-state index contributed by atoms with van der Waals surface area (Å²) in [6.07, 6.45) is 4.72. The summed E-state index contributed by atoms with van der Waals surface area (Å²) in [5.41, 5.74) is 6.45. The van der Waals surface area contributed by atoms with Crippen molar-refractivity contribution in [2.45, 2.75) is 45.6 Å². The molecular formula is C17H23FN2O. The molecule has 0 radical (unpaired) electrons. The maximum atomic E-state index is 13.7. The molecule has 0 saturated carbocycles. The average molecular weight is 290 g/mol. The summed E-state index contributed by atoms with van der Waals surface area (Å²) in [5.74, 6) is 5.21. The van der Waals surface area contributed by atoms with E-state index in [4.69, 9.17) is 5.73 Å². The summed E-state index contributed by atoms with van der Waals surface area (Å²) in [7, 11) is 0. The number of hydrogen-bond donors (Lipinski definition) is 2. The van der Waals surface area contributed by atoms with Crippen molar-refractivity contribution >= 4 is 5.91 Å². The van der Waals surface area contributed by atoms with E-state index >= 15 is 0 Å². The standard InChI is InChI=1S/C17H23FN2O/c1-2-3-4-5-8-17(21)20-13-15-12-14(7-6-11-19)9-10-16(15)18/h9-10,12H,2-5,8,11,13,19H2,1H3,(H,20,21). The minimum atomic E-state index is -0.334. The van der Waals surface area contributed by atoms with E-state index in [-0.39, 0.29) is 24.8 Å². The first-order chi connectivity index (χ1) is 10.2. The Balaban J connectivity index is 2.48. The number of benzene rings is 1. The SMILES string of the molecule is CCCCCCC(=O)NCc1cc(C#CCN)ccc1F. The van der Waals surface area contributed by atoms with Gasteiger partial charge in [-0.15, -0.1) is 0 Å². The third-order valence-electron chi connectivity index (χ3n) is 3.11. The maximum absolute atomic E-state index is 13.7. The van der Waals surface area contributed by atoms with Crippen molar-refractivity contribution in [3.05, 3.63) is 35.1 Å². The van der Waals surface area contributed by atoms with Gasteiger partial charge in [0.1, 0.15) is 5.82 Å². The van der Waals surface area contributed by atoms with Gasteiger partial charge in [0.2, 0.25) is 5.91 Å². The molecule has 0 spiro atoms. The summed E-state index contributed by atoms with van der Waals surface area (Å²) in [4.78, 5) is 11.7. The molecule has 1 aromatic rings. The molecule has 4 heteroatoms. The van der Waals surface area contributed by atoms with Crippen LogP contribution in [-0.4, -0.2) is 12.5 Å². The Morgan fingerprint density at radius 1 is 1.33 bits per heavy atom. The van der Waals surface area contributed by atoms with Gasteiger partial charge in [-0.3, -0.25) is 4.79 Å². The monoisotopic (exact) mass is 290 g/mol. The van der Waals surface area contributed by atoms with Crippen LogP contribution in [0.3, 0.4) is 0 Å². The van der Waals surface area contributed by atoms with Crippen LogP contribution >= 0.6 is 0 Å². The molecule has 21 heavy (non-hydrogen) atoms. The Morgan fingerprint density at radius 2 is 2.14 bits per heavy atom. The average Bonchev–Trinajstić information content (AvgIpc) is 2.49. The first kappa shape index (κ1) is 17.2. The lowest BCUT2D eigenvalue weighted by atomic mass is 10.1. The molecular weight excluding hydrogens is 267 g/mol. The quantitative estimate of drug-likeness (QED) is 0.599. The minimum Gasteiger partial charge on any atom is -0.352 e. The minimum absolute atomic E-state index is 0.0380. The molecule has 0 aliphatic heterocycles. The van der Waals surface area contributed by atoms with Crippen molar-refractivity contribution in [3.8, 4) is 11.8 Å². The van der Waals surface area contributed by atoms with Crippen LogP contribution in [0.15, 0.2) is 18.2 Å². The fourth-order valence-electron chi connectivity index (χ4n) is 1.94. The third-order valence-corrected chi connectivity index (χ3v) is 3.11. The number of amides is 1. The number of halogens is 1. The van der Waals surface area contributed by atoms with Crippen LogP contribution < -0.4 is 11.1 Å². The largest absolute Gasteiger partial charge is 0.352 e. The number of carbonyl (C=O) groups is 1. The molecule has 1 rings (SSSR count). The van der Waals surface area contributed by atoms with E-state index in [0.29, 0.717) is 17.5 Å². The number of nitrogens with two attached hydrogens (primary N) is 1. The lowest BCUT2D eigenvalue weighted by molar-refractivity contribution is -0.121. The highest BCUT2D eigenvalue weighted by Gasteiger charge is 2.05. The Labute approximate surface area is 126 Å². The Kier molecular flexibility index (Phi) is 8.15. The predicted octanol–water partition coefficient (Wildman–Crippen LogP) is 2.72. The maximum Gasteiger partial charge on any atom is 0.220 e. The van der Waals surface area contributed by atoms with Crippen LogP contribution in [0.25, 0.3) is 0 Å². The molecule has 1 amide bonds. The Hall–Kier alpha value is -1.86. The summed E-state index contributed by atoms with van der Waals surface area (Å²) < 4.78 is 13.7. The lowest BCUT2D eigenvalue weighted by Crippen LogP contribution is -2.23. The second-order valence-electron chi connectivity index (χ2n) is 4.90. The van der Waals surface area contributed by atoms with E-state index in [0.717, 1.165) is 25.7 Å². The van der Waals surface area contributed by atoms with Gasteiger partial charge in [0.15, 0.2) is 0 Å². The molecule has 3 N–H and O–H groups in total. The molecule has 0 aliphatic carbocycles. The normalized spacial score (nSPS) is 9.86.